The third-order valence-corrected chi connectivity index (χ3v) is 2.84. The number of anilines is 1. The Hall–Kier alpha value is -3.22. The minimum atomic E-state index is -1.11. The highest BCUT2D eigenvalue weighted by Gasteiger charge is 2.12. The molecule has 1 amide bonds. The van der Waals surface area contributed by atoms with E-state index >= 15 is 0 Å². The first-order valence-corrected chi connectivity index (χ1v) is 6.07. The van der Waals surface area contributed by atoms with Crippen molar-refractivity contribution in [3.05, 3.63) is 60.3 Å². The predicted molar refractivity (Wildman–Crippen MR) is 74.3 cm³/mol. The quantitative estimate of drug-likeness (QED) is 0.761. The molecule has 0 aliphatic heterocycles. The third-order valence-electron chi connectivity index (χ3n) is 2.84. The molecular formula is C14H10N4O3. The van der Waals surface area contributed by atoms with E-state index < -0.39 is 11.9 Å². The van der Waals surface area contributed by atoms with Crippen molar-refractivity contribution in [2.24, 2.45) is 0 Å². The van der Waals surface area contributed by atoms with Crippen LogP contribution in [0.4, 0.5) is 5.69 Å². The lowest BCUT2D eigenvalue weighted by atomic mass is 10.2. The molecule has 0 bridgehead atoms. The van der Waals surface area contributed by atoms with Crippen molar-refractivity contribution in [1.29, 1.82) is 0 Å². The number of rotatable bonds is 3. The standard InChI is InChI=1S/C14H10N4O3/c19-13(11-8-18-4-2-1-3-12(18)17-11)16-10-5-9(14(20)21)6-15-7-10/h1-8H,(H,16,19)(H,20,21). The summed E-state index contributed by atoms with van der Waals surface area (Å²) in [7, 11) is 0. The normalized spacial score (nSPS) is 10.5. The first-order chi connectivity index (χ1) is 10.1. The Morgan fingerprint density at radius 1 is 1.24 bits per heavy atom. The molecule has 0 saturated heterocycles. The summed E-state index contributed by atoms with van der Waals surface area (Å²) in [5.41, 5.74) is 1.20. The van der Waals surface area contributed by atoms with Crippen molar-refractivity contribution in [2.75, 3.05) is 5.32 Å². The maximum Gasteiger partial charge on any atom is 0.337 e. The van der Waals surface area contributed by atoms with Crippen LogP contribution in [0.25, 0.3) is 5.65 Å². The molecule has 104 valence electrons. The molecule has 0 radical (unpaired) electrons. The summed E-state index contributed by atoms with van der Waals surface area (Å²) in [5.74, 6) is -1.53. The van der Waals surface area contributed by atoms with E-state index in [1.807, 2.05) is 12.1 Å². The fourth-order valence-corrected chi connectivity index (χ4v) is 1.86. The number of hydrogen-bond acceptors (Lipinski definition) is 4. The molecule has 7 heteroatoms. The van der Waals surface area contributed by atoms with E-state index in [0.29, 0.717) is 11.3 Å². The molecular weight excluding hydrogens is 272 g/mol. The van der Waals surface area contributed by atoms with Crippen LogP contribution in [-0.4, -0.2) is 31.4 Å². The number of pyridine rings is 2. The summed E-state index contributed by atoms with van der Waals surface area (Å²) < 4.78 is 1.72. The molecule has 0 fully saturated rings. The number of carboxylic acids is 1. The molecule has 0 saturated carbocycles. The highest BCUT2D eigenvalue weighted by molar-refractivity contribution is 6.03. The number of nitrogens with one attached hydrogen (secondary N) is 1. The first-order valence-electron chi connectivity index (χ1n) is 6.07. The summed E-state index contributed by atoms with van der Waals surface area (Å²) in [4.78, 5) is 30.9. The van der Waals surface area contributed by atoms with Gasteiger partial charge in [-0.1, -0.05) is 6.07 Å². The van der Waals surface area contributed by atoms with Gasteiger partial charge in [-0.2, -0.15) is 0 Å². The number of amides is 1. The molecule has 0 aliphatic carbocycles. The van der Waals surface area contributed by atoms with Crippen molar-refractivity contribution >= 4 is 23.2 Å². The molecule has 3 heterocycles. The van der Waals surface area contributed by atoms with E-state index in [9.17, 15) is 9.59 Å². The Balaban J connectivity index is 1.85. The SMILES string of the molecule is O=C(O)c1cncc(NC(=O)c2cn3ccccc3n2)c1. The molecule has 3 rings (SSSR count). The number of carbonyl (C=O) groups is 2. The Bertz CT molecular complexity index is 808. The van der Waals surface area contributed by atoms with Gasteiger partial charge in [0.15, 0.2) is 0 Å². The molecule has 3 aromatic rings. The fraction of sp³-hybridized carbons (Fsp3) is 0. The van der Waals surface area contributed by atoms with Crippen LogP contribution in [0.3, 0.4) is 0 Å². The van der Waals surface area contributed by atoms with Gasteiger partial charge in [0.1, 0.15) is 11.3 Å². The number of fused-ring (bicyclic) bond motifs is 1. The number of hydrogen-bond donors (Lipinski definition) is 2. The van der Waals surface area contributed by atoms with Crippen LogP contribution >= 0.6 is 0 Å². The van der Waals surface area contributed by atoms with Gasteiger partial charge >= 0.3 is 5.97 Å². The average Bonchev–Trinajstić information content (AvgIpc) is 2.91. The van der Waals surface area contributed by atoms with Crippen molar-refractivity contribution in [2.45, 2.75) is 0 Å². The number of aromatic carboxylic acids is 1. The van der Waals surface area contributed by atoms with Crippen LogP contribution in [0.5, 0.6) is 0 Å². The van der Waals surface area contributed by atoms with E-state index in [1.165, 1.54) is 18.5 Å². The zero-order valence-electron chi connectivity index (χ0n) is 10.7. The van der Waals surface area contributed by atoms with Gasteiger partial charge < -0.3 is 14.8 Å². The minimum Gasteiger partial charge on any atom is -0.478 e. The lowest BCUT2D eigenvalue weighted by Crippen LogP contribution is -2.13. The van der Waals surface area contributed by atoms with E-state index in [2.05, 4.69) is 15.3 Å². The van der Waals surface area contributed by atoms with Crippen molar-refractivity contribution < 1.29 is 14.7 Å². The second-order valence-corrected chi connectivity index (χ2v) is 4.31. The molecule has 0 unspecified atom stereocenters. The van der Waals surface area contributed by atoms with Crippen LogP contribution in [0, 0.1) is 0 Å². The maximum absolute atomic E-state index is 12.1. The van der Waals surface area contributed by atoms with Gasteiger partial charge in [-0.25, -0.2) is 9.78 Å². The number of nitrogens with zero attached hydrogens (tertiary/aromatic N) is 3. The number of imidazole rings is 1. The zero-order valence-corrected chi connectivity index (χ0v) is 10.7. The largest absolute Gasteiger partial charge is 0.478 e. The van der Waals surface area contributed by atoms with Crippen LogP contribution in [0.1, 0.15) is 20.8 Å². The van der Waals surface area contributed by atoms with Crippen molar-refractivity contribution in [3.63, 3.8) is 0 Å². The highest BCUT2D eigenvalue weighted by atomic mass is 16.4. The lowest BCUT2D eigenvalue weighted by molar-refractivity contribution is 0.0696. The minimum absolute atomic E-state index is 0.00259. The monoisotopic (exact) mass is 282 g/mol. The summed E-state index contributed by atoms with van der Waals surface area (Å²) in [5, 5.41) is 11.5. The van der Waals surface area contributed by atoms with Crippen molar-refractivity contribution in [3.8, 4) is 0 Å². The molecule has 7 nitrogen and oxygen atoms in total. The molecule has 3 aromatic heterocycles. The Labute approximate surface area is 118 Å². The van der Waals surface area contributed by atoms with Crippen LogP contribution in [0.2, 0.25) is 0 Å². The van der Waals surface area contributed by atoms with Gasteiger partial charge in [-0.05, 0) is 18.2 Å². The molecule has 2 N–H and O–H groups in total. The van der Waals surface area contributed by atoms with Crippen LogP contribution in [-0.2, 0) is 0 Å². The van der Waals surface area contributed by atoms with Gasteiger partial charge in [0.05, 0.1) is 17.4 Å². The molecule has 0 aromatic carbocycles. The summed E-state index contributed by atoms with van der Waals surface area (Å²) in [6, 6.07) is 6.77. The first kappa shape index (κ1) is 12.8. The number of aromatic nitrogens is 3. The summed E-state index contributed by atoms with van der Waals surface area (Å²) >= 11 is 0. The van der Waals surface area contributed by atoms with Crippen LogP contribution in [0.15, 0.2) is 49.1 Å². The van der Waals surface area contributed by atoms with Gasteiger partial charge in [-0.3, -0.25) is 9.78 Å². The highest BCUT2D eigenvalue weighted by Crippen LogP contribution is 2.11. The summed E-state index contributed by atoms with van der Waals surface area (Å²) in [6.45, 7) is 0. The number of carboxylic acid groups (broad SMARTS) is 1. The third kappa shape index (κ3) is 2.57. The Kier molecular flexibility index (Phi) is 3.07. The number of carbonyl (C=O) groups excluding carboxylic acids is 1. The summed E-state index contributed by atoms with van der Waals surface area (Å²) in [6.07, 6.45) is 5.97. The van der Waals surface area contributed by atoms with Gasteiger partial charge in [0, 0.05) is 18.6 Å². The fourth-order valence-electron chi connectivity index (χ4n) is 1.86. The van der Waals surface area contributed by atoms with Gasteiger partial charge in [0.25, 0.3) is 5.91 Å². The molecule has 0 atom stereocenters. The predicted octanol–water partition coefficient (Wildman–Crippen LogP) is 1.68. The molecule has 0 spiro atoms. The zero-order chi connectivity index (χ0) is 14.8. The van der Waals surface area contributed by atoms with E-state index in [1.54, 1.807) is 22.9 Å². The molecule has 0 aliphatic rings. The van der Waals surface area contributed by atoms with E-state index in [-0.39, 0.29) is 11.3 Å². The van der Waals surface area contributed by atoms with Crippen molar-refractivity contribution in [1.82, 2.24) is 14.4 Å². The lowest BCUT2D eigenvalue weighted by Gasteiger charge is -2.03. The second kappa shape index (κ2) is 5.04. The van der Waals surface area contributed by atoms with Gasteiger partial charge in [0.2, 0.25) is 0 Å². The smallest absolute Gasteiger partial charge is 0.337 e. The molecule has 21 heavy (non-hydrogen) atoms. The Morgan fingerprint density at radius 3 is 2.86 bits per heavy atom. The second-order valence-electron chi connectivity index (χ2n) is 4.31. The van der Waals surface area contributed by atoms with E-state index in [0.717, 1.165) is 0 Å². The van der Waals surface area contributed by atoms with Crippen LogP contribution < -0.4 is 5.32 Å². The van der Waals surface area contributed by atoms with E-state index in [4.69, 9.17) is 5.11 Å². The maximum atomic E-state index is 12.1. The Morgan fingerprint density at radius 2 is 2.10 bits per heavy atom. The average molecular weight is 282 g/mol. The topological polar surface area (TPSA) is 96.6 Å². The van der Waals surface area contributed by atoms with Gasteiger partial charge in [-0.15, -0.1) is 0 Å².